The van der Waals surface area contributed by atoms with E-state index in [0.29, 0.717) is 17.4 Å². The smallest absolute Gasteiger partial charge is 0.250 e. The summed E-state index contributed by atoms with van der Waals surface area (Å²) in [5.41, 5.74) is 5.61. The number of fused-ring (bicyclic) bond motifs is 1. The number of aryl methyl sites for hydroxylation is 1. The lowest BCUT2D eigenvalue weighted by Crippen LogP contribution is -2.56. The quantitative estimate of drug-likeness (QED) is 0.545. The van der Waals surface area contributed by atoms with Crippen LogP contribution in [-0.4, -0.2) is 21.4 Å². The molecule has 3 heteroatoms. The molecule has 8 rings (SSSR count). The molecule has 168 valence electrons. The monoisotopic (exact) mass is 428 g/mol. The molecule has 32 heavy (non-hydrogen) atoms. The van der Waals surface area contributed by atoms with Crippen molar-refractivity contribution >= 4 is 16.8 Å². The first-order valence-corrected chi connectivity index (χ1v) is 13.1. The molecule has 5 aliphatic carbocycles. The number of nitrogens with zero attached hydrogens (tertiary/aromatic N) is 2. The van der Waals surface area contributed by atoms with E-state index in [1.165, 1.54) is 79.0 Å². The molecule has 4 fully saturated rings. The first-order valence-electron chi connectivity index (χ1n) is 13.1. The zero-order valence-electron chi connectivity index (χ0n) is 19.6. The number of amides is 1. The lowest BCUT2D eigenvalue weighted by Gasteiger charge is -2.60. The van der Waals surface area contributed by atoms with Gasteiger partial charge in [-0.25, -0.2) is 0 Å². The molecule has 2 heterocycles. The Bertz CT molecular complexity index is 1100. The van der Waals surface area contributed by atoms with Crippen LogP contribution in [0.5, 0.6) is 0 Å². The first-order chi connectivity index (χ1) is 15.5. The van der Waals surface area contributed by atoms with Gasteiger partial charge in [-0.3, -0.25) is 4.79 Å². The minimum absolute atomic E-state index is 0.145. The standard InChI is InChI=1S/C29H36N2O/c1-18(29-14-19-11-20(15-29)13-21(12-19)16-29)31-27(23-8-3-4-9-24(23)28(31)32)25-17-30(2)26-10-6-5-7-22(25)26/h5-7,10,17-21,27H,3-4,8-9,11-16H2,1-2H3. The van der Waals surface area contributed by atoms with E-state index in [0.717, 1.165) is 30.6 Å². The highest BCUT2D eigenvalue weighted by Gasteiger charge is 2.57. The van der Waals surface area contributed by atoms with Crippen LogP contribution in [0.2, 0.25) is 0 Å². The van der Waals surface area contributed by atoms with Crippen LogP contribution < -0.4 is 0 Å². The molecule has 0 N–H and O–H groups in total. The molecule has 1 aromatic heterocycles. The fourth-order valence-corrected chi connectivity index (χ4v) is 9.23. The van der Waals surface area contributed by atoms with Gasteiger partial charge in [0.1, 0.15) is 0 Å². The number of hydrogen-bond donors (Lipinski definition) is 0. The summed E-state index contributed by atoms with van der Waals surface area (Å²) in [6.45, 7) is 2.43. The summed E-state index contributed by atoms with van der Waals surface area (Å²) in [5.74, 6) is 3.13. The van der Waals surface area contributed by atoms with Gasteiger partial charge < -0.3 is 9.47 Å². The Hall–Kier alpha value is -2.03. The zero-order valence-corrected chi connectivity index (χ0v) is 19.6. The lowest BCUT2D eigenvalue weighted by atomic mass is 9.47. The van der Waals surface area contributed by atoms with Gasteiger partial charge in [0.05, 0.1) is 6.04 Å². The van der Waals surface area contributed by atoms with Crippen molar-refractivity contribution in [2.45, 2.75) is 83.2 Å². The average Bonchev–Trinajstić information content (AvgIpc) is 3.27. The lowest BCUT2D eigenvalue weighted by molar-refractivity contribution is -0.142. The van der Waals surface area contributed by atoms with E-state index in [1.54, 1.807) is 0 Å². The second-order valence-corrected chi connectivity index (χ2v) is 12.0. The molecule has 4 bridgehead atoms. The minimum Gasteiger partial charge on any atom is -0.350 e. The van der Waals surface area contributed by atoms with Gasteiger partial charge in [0.25, 0.3) is 5.91 Å². The van der Waals surface area contributed by atoms with Crippen LogP contribution in [0.3, 0.4) is 0 Å². The maximum absolute atomic E-state index is 14.1. The van der Waals surface area contributed by atoms with Crippen molar-refractivity contribution in [2.24, 2.45) is 30.2 Å². The van der Waals surface area contributed by atoms with Crippen LogP contribution in [0.4, 0.5) is 0 Å². The molecule has 1 aromatic carbocycles. The van der Waals surface area contributed by atoms with Crippen molar-refractivity contribution in [3.8, 4) is 0 Å². The molecule has 2 unspecified atom stereocenters. The van der Waals surface area contributed by atoms with E-state index >= 15 is 0 Å². The molecule has 2 atom stereocenters. The van der Waals surface area contributed by atoms with E-state index in [9.17, 15) is 4.79 Å². The third-order valence-corrected chi connectivity index (χ3v) is 10.2. The molecule has 4 saturated carbocycles. The highest BCUT2D eigenvalue weighted by atomic mass is 16.2. The SMILES string of the molecule is CC(N1C(=O)C2=C(CCCC2)C1c1cn(C)c2ccccc12)C12CC3CC(CC(C3)C1)C2. The topological polar surface area (TPSA) is 25.2 Å². The predicted molar refractivity (Wildman–Crippen MR) is 128 cm³/mol. The zero-order chi connectivity index (χ0) is 21.6. The maximum Gasteiger partial charge on any atom is 0.250 e. The highest BCUT2D eigenvalue weighted by Crippen LogP contribution is 2.63. The fraction of sp³-hybridized carbons (Fsp3) is 0.621. The first kappa shape index (κ1) is 19.4. The predicted octanol–water partition coefficient (Wildman–Crippen LogP) is 6.54. The number of benzene rings is 1. The van der Waals surface area contributed by atoms with Gasteiger partial charge >= 0.3 is 0 Å². The van der Waals surface area contributed by atoms with Crippen LogP contribution in [-0.2, 0) is 11.8 Å². The van der Waals surface area contributed by atoms with Crippen LogP contribution in [0, 0.1) is 23.2 Å². The number of rotatable bonds is 3. The van der Waals surface area contributed by atoms with E-state index in [4.69, 9.17) is 0 Å². The van der Waals surface area contributed by atoms with Gasteiger partial charge in [-0.15, -0.1) is 0 Å². The number of para-hydroxylation sites is 1. The van der Waals surface area contributed by atoms with Gasteiger partial charge in [-0.05, 0) is 106 Å². The van der Waals surface area contributed by atoms with Crippen molar-refractivity contribution in [1.29, 1.82) is 0 Å². The Morgan fingerprint density at radius 2 is 1.62 bits per heavy atom. The largest absolute Gasteiger partial charge is 0.350 e. The summed E-state index contributed by atoms with van der Waals surface area (Å²) in [6, 6.07) is 9.26. The van der Waals surface area contributed by atoms with Gasteiger partial charge in [-0.1, -0.05) is 18.2 Å². The van der Waals surface area contributed by atoms with Crippen molar-refractivity contribution in [3.05, 3.63) is 47.2 Å². The normalized spacial score (nSPS) is 36.9. The summed E-state index contributed by atoms with van der Waals surface area (Å²) in [7, 11) is 2.16. The van der Waals surface area contributed by atoms with Crippen molar-refractivity contribution < 1.29 is 4.79 Å². The van der Waals surface area contributed by atoms with Gasteiger partial charge in [0, 0.05) is 41.3 Å². The van der Waals surface area contributed by atoms with Gasteiger partial charge in [0.2, 0.25) is 0 Å². The van der Waals surface area contributed by atoms with Crippen molar-refractivity contribution in [1.82, 2.24) is 9.47 Å². The molecule has 6 aliphatic rings. The Kier molecular flexibility index (Phi) is 4.10. The van der Waals surface area contributed by atoms with E-state index in [2.05, 4.69) is 53.9 Å². The maximum atomic E-state index is 14.1. The van der Waals surface area contributed by atoms with Crippen molar-refractivity contribution in [3.63, 3.8) is 0 Å². The molecular weight excluding hydrogens is 392 g/mol. The number of aromatic nitrogens is 1. The molecular formula is C29H36N2O. The Morgan fingerprint density at radius 1 is 0.969 bits per heavy atom. The third-order valence-electron chi connectivity index (χ3n) is 10.2. The highest BCUT2D eigenvalue weighted by molar-refractivity contribution is 5.99. The molecule has 1 amide bonds. The Balaban J connectivity index is 1.36. The third kappa shape index (κ3) is 2.57. The van der Waals surface area contributed by atoms with Crippen molar-refractivity contribution in [2.75, 3.05) is 0 Å². The van der Waals surface area contributed by atoms with Crippen LogP contribution in [0.15, 0.2) is 41.6 Å². The second kappa shape index (κ2) is 6.74. The van der Waals surface area contributed by atoms with E-state index in [-0.39, 0.29) is 6.04 Å². The molecule has 3 nitrogen and oxygen atoms in total. The second-order valence-electron chi connectivity index (χ2n) is 12.0. The summed E-state index contributed by atoms with van der Waals surface area (Å²) >= 11 is 0. The Labute approximate surface area is 191 Å². The summed E-state index contributed by atoms with van der Waals surface area (Å²) < 4.78 is 2.27. The number of carbonyl (C=O) groups is 1. The van der Waals surface area contributed by atoms with Gasteiger partial charge in [-0.2, -0.15) is 0 Å². The number of carbonyl (C=O) groups excluding carboxylic acids is 1. The van der Waals surface area contributed by atoms with E-state index in [1.807, 2.05) is 0 Å². The van der Waals surface area contributed by atoms with E-state index < -0.39 is 0 Å². The fourth-order valence-electron chi connectivity index (χ4n) is 9.23. The summed E-state index contributed by atoms with van der Waals surface area (Å²) in [6.07, 6.45) is 15.3. The summed E-state index contributed by atoms with van der Waals surface area (Å²) in [4.78, 5) is 16.5. The molecule has 0 spiro atoms. The molecule has 2 aromatic rings. The average molecular weight is 429 g/mol. The van der Waals surface area contributed by atoms with Gasteiger partial charge in [0.15, 0.2) is 0 Å². The molecule has 0 saturated heterocycles. The Morgan fingerprint density at radius 3 is 2.34 bits per heavy atom. The van der Waals surface area contributed by atoms with Crippen LogP contribution in [0.1, 0.15) is 82.7 Å². The van der Waals surface area contributed by atoms with Crippen LogP contribution in [0.25, 0.3) is 10.9 Å². The van der Waals surface area contributed by atoms with Crippen LogP contribution >= 0.6 is 0 Å². The number of hydrogen-bond acceptors (Lipinski definition) is 1. The molecule has 1 aliphatic heterocycles. The molecule has 0 radical (unpaired) electrons. The summed E-state index contributed by atoms with van der Waals surface area (Å²) in [5, 5.41) is 1.33. The minimum atomic E-state index is 0.145.